The molecule has 25 heteroatoms. The van der Waals surface area contributed by atoms with E-state index in [1.165, 1.54) is 10.9 Å². The molecule has 0 bridgehead atoms. The second-order valence-electron chi connectivity index (χ2n) is 5.93. The molecule has 6 atom stereocenters. The Kier molecular flexibility index (Phi) is 16.2. The summed E-state index contributed by atoms with van der Waals surface area (Å²) in [4.78, 5) is 55.9. The summed E-state index contributed by atoms with van der Waals surface area (Å²) in [5.41, 5.74) is 5.97. The number of fused-ring (bicyclic) bond motifs is 1. The van der Waals surface area contributed by atoms with Crippen LogP contribution in [0.15, 0.2) is 12.7 Å². The van der Waals surface area contributed by atoms with Crippen molar-refractivity contribution in [2.45, 2.75) is 24.5 Å². The van der Waals surface area contributed by atoms with Crippen LogP contribution in [0.2, 0.25) is 0 Å². The van der Waals surface area contributed by atoms with E-state index in [1.54, 1.807) is 0 Å². The van der Waals surface area contributed by atoms with E-state index in [1.807, 2.05) is 0 Å². The molecule has 2 aromatic heterocycles. The van der Waals surface area contributed by atoms with Crippen molar-refractivity contribution in [3.8, 4) is 0 Å². The molecule has 35 heavy (non-hydrogen) atoms. The monoisotopic (exact) mass is 547 g/mol. The predicted octanol–water partition coefficient (Wildman–Crippen LogP) is -16.0. The van der Waals surface area contributed by atoms with Crippen LogP contribution in [0.3, 0.4) is 0 Å². The van der Waals surface area contributed by atoms with Gasteiger partial charge in [-0.05, 0) is 0 Å². The quantitative estimate of drug-likeness (QED) is 0.204. The number of phosphoric acid groups is 2. The van der Waals surface area contributed by atoms with Gasteiger partial charge in [0.25, 0.3) is 15.6 Å². The number of aliphatic hydroxyl groups excluding tert-OH is 2. The van der Waals surface area contributed by atoms with Gasteiger partial charge in [0.1, 0.15) is 30.2 Å². The number of ether oxygens (including phenoxy) is 1. The molecule has 0 radical (unpaired) electrons. The summed E-state index contributed by atoms with van der Waals surface area (Å²) in [6, 6.07) is 0. The number of hydrogen-bond donors (Lipinski definition) is 3. The van der Waals surface area contributed by atoms with Crippen molar-refractivity contribution in [3.63, 3.8) is 0 Å². The molecular weight excluding hydrogens is 535 g/mol. The summed E-state index contributed by atoms with van der Waals surface area (Å²) in [5, 5.41) is 20.4. The summed E-state index contributed by atoms with van der Waals surface area (Å²) in [6.07, 6.45) is -3.83. The maximum absolute atomic E-state index is 11.7. The van der Waals surface area contributed by atoms with Crippen molar-refractivity contribution >= 4 is 51.2 Å². The summed E-state index contributed by atoms with van der Waals surface area (Å²) in [6.45, 7) is -6.33. The average Bonchev–Trinajstić information content (AvgIpc) is 3.13. The van der Waals surface area contributed by atoms with E-state index < -0.39 is 53.5 Å². The normalized spacial score (nSPS) is 25.2. The number of imidazole rings is 1. The third kappa shape index (κ3) is 10.2. The molecule has 4 N–H and O–H groups in total. The Hall–Kier alpha value is 1.45. The van der Waals surface area contributed by atoms with E-state index in [-0.39, 0.29) is 92.4 Å². The molecule has 0 saturated carbocycles. The molecule has 174 valence electrons. The van der Waals surface area contributed by atoms with Gasteiger partial charge in [-0.2, -0.15) is 0 Å². The number of hydrogen-bond acceptors (Lipinski definition) is 17. The number of rotatable bonds is 8. The zero-order valence-corrected chi connectivity index (χ0v) is 22.3. The Morgan fingerprint density at radius 3 is 2.20 bits per heavy atom. The Balaban J connectivity index is 0. The van der Waals surface area contributed by atoms with Crippen molar-refractivity contribution in [2.24, 2.45) is 0 Å². The van der Waals surface area contributed by atoms with Gasteiger partial charge in [-0.3, -0.25) is 13.7 Å². The van der Waals surface area contributed by atoms with E-state index in [0.717, 1.165) is 6.33 Å². The largest absolute Gasteiger partial charge is 1.00 e. The van der Waals surface area contributed by atoms with Crippen LogP contribution in [0.1, 0.15) is 6.23 Å². The maximum atomic E-state index is 11.7. The van der Waals surface area contributed by atoms with Crippen molar-refractivity contribution in [1.82, 2.24) is 19.5 Å². The fourth-order valence-electron chi connectivity index (χ4n) is 2.60. The molecule has 0 spiro atoms. The first kappa shape index (κ1) is 38.6. The molecule has 1 aliphatic heterocycles. The third-order valence-electron chi connectivity index (χ3n) is 3.80. The molecule has 1 saturated heterocycles. The maximum Gasteiger partial charge on any atom is 1.00 e. The van der Waals surface area contributed by atoms with Crippen LogP contribution in [0.5, 0.6) is 0 Å². The van der Waals surface area contributed by atoms with Crippen LogP contribution in [-0.2, 0) is 38.8 Å². The van der Waals surface area contributed by atoms with Crippen molar-refractivity contribution < 1.29 is 132 Å². The zero-order valence-electron chi connectivity index (χ0n) is 18.8. The number of nitrogen functional groups attached to an aromatic ring is 1. The molecular formula is C10H12Li4N5O12P3S. The van der Waals surface area contributed by atoms with Gasteiger partial charge in [0, 0.05) is 0 Å². The first-order valence-corrected chi connectivity index (χ1v) is 13.3. The Morgan fingerprint density at radius 2 is 1.63 bits per heavy atom. The number of aromatic nitrogens is 4. The number of anilines is 1. The Bertz CT molecular complexity index is 1130. The molecule has 0 aromatic carbocycles. The van der Waals surface area contributed by atoms with Gasteiger partial charge in [-0.25, -0.2) is 19.3 Å². The van der Waals surface area contributed by atoms with E-state index in [0.29, 0.717) is 0 Å². The van der Waals surface area contributed by atoms with Crippen LogP contribution in [0.25, 0.3) is 11.2 Å². The minimum Gasteiger partial charge on any atom is -0.812 e. The fraction of sp³-hybridized carbons (Fsp3) is 0.500. The van der Waals surface area contributed by atoms with Crippen molar-refractivity contribution in [2.75, 3.05) is 12.3 Å². The minimum absolute atomic E-state index is 0. The molecule has 1 aliphatic rings. The summed E-state index contributed by atoms with van der Waals surface area (Å²) in [5.74, 6) is 0.0343. The standard InChI is InChI=1S/C10H16N5O12P3S.4Li/c11-8-5-9(13-2-12-8)15(3-14-5)10-7(17)6(16)4(25-10)1-24-28(18,19)26-29(20,21)27-30(22,23)31;;;;/h2-4,6-7,10,16-17H,1H2,(H,18,19)(H,20,21)(H2,11,12,13)(H2,22,23,31);;;;/q;4*+1/p-4. The van der Waals surface area contributed by atoms with E-state index in [2.05, 4.69) is 39.9 Å². The van der Waals surface area contributed by atoms with Gasteiger partial charge in [-0.15, -0.1) is 11.8 Å². The van der Waals surface area contributed by atoms with E-state index in [4.69, 9.17) is 10.5 Å². The molecule has 17 nitrogen and oxygen atoms in total. The second kappa shape index (κ2) is 14.7. The molecule has 3 heterocycles. The van der Waals surface area contributed by atoms with Gasteiger partial charge < -0.3 is 49.1 Å². The van der Waals surface area contributed by atoms with Gasteiger partial charge in [-0.1, -0.05) is 6.72 Å². The average molecular weight is 547 g/mol. The van der Waals surface area contributed by atoms with E-state index >= 15 is 0 Å². The zero-order chi connectivity index (χ0) is 23.2. The Labute approximate surface area is 250 Å². The van der Waals surface area contributed by atoms with Crippen LogP contribution < -0.4 is 101 Å². The fourth-order valence-corrected chi connectivity index (χ4v) is 6.20. The van der Waals surface area contributed by atoms with Crippen LogP contribution in [-0.4, -0.2) is 54.7 Å². The molecule has 2 aromatic rings. The topological polar surface area (TPSA) is 273 Å². The van der Waals surface area contributed by atoms with E-state index in [9.17, 15) is 38.9 Å². The molecule has 0 aliphatic carbocycles. The van der Waals surface area contributed by atoms with Crippen LogP contribution in [0.4, 0.5) is 5.82 Å². The smallest absolute Gasteiger partial charge is 0.812 e. The molecule has 6 unspecified atom stereocenters. The summed E-state index contributed by atoms with van der Waals surface area (Å²) >= 11 is 3.68. The molecule has 1 fully saturated rings. The summed E-state index contributed by atoms with van der Waals surface area (Å²) in [7, 11) is -11.6. The predicted molar refractivity (Wildman–Crippen MR) is 93.3 cm³/mol. The van der Waals surface area contributed by atoms with Gasteiger partial charge in [0.05, 0.1) is 12.9 Å². The van der Waals surface area contributed by atoms with Gasteiger partial charge >= 0.3 is 75.4 Å². The molecule has 0 amide bonds. The Morgan fingerprint density at radius 1 is 1.03 bits per heavy atom. The minimum atomic E-state index is -5.93. The van der Waals surface area contributed by atoms with Gasteiger partial charge in [0.2, 0.25) is 0 Å². The van der Waals surface area contributed by atoms with Crippen molar-refractivity contribution in [1.29, 1.82) is 0 Å². The summed E-state index contributed by atoms with van der Waals surface area (Å²) < 4.78 is 40.7. The van der Waals surface area contributed by atoms with Crippen LogP contribution >= 0.6 is 22.4 Å². The third-order valence-corrected chi connectivity index (χ3v) is 8.06. The SMILES string of the molecule is Nc1ncnc2c1ncn2C1OC(COP(=O)([O-])OP(=O)([O-])OP([O-])([O-])=S)C(O)C1O.[Li+].[Li+].[Li+].[Li+]. The number of nitrogens with two attached hydrogens (primary N) is 1. The molecule has 3 rings (SSSR count). The van der Waals surface area contributed by atoms with Crippen molar-refractivity contribution in [3.05, 3.63) is 12.7 Å². The second-order valence-corrected chi connectivity index (χ2v) is 11.5. The van der Waals surface area contributed by atoms with Crippen LogP contribution in [0, 0.1) is 0 Å². The number of nitrogens with zero attached hydrogens (tertiary/aromatic N) is 4. The number of aliphatic hydroxyl groups is 2. The first-order chi connectivity index (χ1) is 14.2. The van der Waals surface area contributed by atoms with Gasteiger partial charge in [0.15, 0.2) is 17.7 Å². The first-order valence-electron chi connectivity index (χ1n) is 7.85. The number of phosphoric ester groups is 1.